The molecular weight excluding hydrogens is 276 g/mol. The molecule has 116 valence electrons. The van der Waals surface area contributed by atoms with Crippen molar-refractivity contribution in [2.45, 2.75) is 32.8 Å². The first-order valence-electron chi connectivity index (χ1n) is 7.71. The molecule has 0 aliphatic carbocycles. The van der Waals surface area contributed by atoms with E-state index in [9.17, 15) is 0 Å². The Bertz CT molecular complexity index is 645. The van der Waals surface area contributed by atoms with Gasteiger partial charge in [-0.3, -0.25) is 4.98 Å². The van der Waals surface area contributed by atoms with Gasteiger partial charge in [-0.15, -0.1) is 0 Å². The molecule has 1 aliphatic rings. The quantitative estimate of drug-likeness (QED) is 0.844. The molecule has 3 rings (SSSR count). The number of pyridine rings is 1. The number of rotatable bonds is 5. The summed E-state index contributed by atoms with van der Waals surface area (Å²) in [6, 6.07) is 6.04. The van der Waals surface area contributed by atoms with Crippen molar-refractivity contribution in [1.29, 1.82) is 0 Å². The van der Waals surface area contributed by atoms with Crippen LogP contribution in [0.15, 0.2) is 24.4 Å². The summed E-state index contributed by atoms with van der Waals surface area (Å²) in [5.41, 5.74) is 3.33. The average Bonchev–Trinajstić information content (AvgIpc) is 2.89. The Kier molecular flexibility index (Phi) is 4.34. The molecule has 0 N–H and O–H groups in total. The fraction of sp³-hybridized carbons (Fsp3) is 0.471. The van der Waals surface area contributed by atoms with Gasteiger partial charge >= 0.3 is 0 Å². The molecule has 0 fully saturated rings. The summed E-state index contributed by atoms with van der Waals surface area (Å²) < 4.78 is 5.98. The Morgan fingerprint density at radius 3 is 2.91 bits per heavy atom. The van der Waals surface area contributed by atoms with Crippen LogP contribution >= 0.6 is 0 Å². The smallest absolute Gasteiger partial charge is 0.220 e. The van der Waals surface area contributed by atoms with E-state index in [2.05, 4.69) is 33.0 Å². The zero-order chi connectivity index (χ0) is 15.5. The lowest BCUT2D eigenvalue weighted by molar-refractivity contribution is 0.165. The van der Waals surface area contributed by atoms with Crippen LogP contribution < -0.4 is 4.74 Å². The van der Waals surface area contributed by atoms with E-state index in [1.54, 1.807) is 0 Å². The third-order valence-corrected chi connectivity index (χ3v) is 3.99. The Balaban J connectivity index is 1.53. The number of nitrogens with zero attached hydrogens (tertiary/aromatic N) is 4. The lowest BCUT2D eigenvalue weighted by Crippen LogP contribution is -2.33. The number of hydrogen-bond donors (Lipinski definition) is 0. The summed E-state index contributed by atoms with van der Waals surface area (Å²) >= 11 is 0. The van der Waals surface area contributed by atoms with Gasteiger partial charge in [0.1, 0.15) is 11.9 Å². The minimum Gasteiger partial charge on any atom is -0.472 e. The topological polar surface area (TPSA) is 51.1 Å². The molecule has 5 heteroatoms. The zero-order valence-corrected chi connectivity index (χ0v) is 13.4. The van der Waals surface area contributed by atoms with Gasteiger partial charge in [0.05, 0.1) is 0 Å². The van der Waals surface area contributed by atoms with Crippen LogP contribution in [0.2, 0.25) is 0 Å². The van der Waals surface area contributed by atoms with Gasteiger partial charge in [0.2, 0.25) is 5.88 Å². The standard InChI is InChI=1S/C17H22N4O/c1-12-16-10-15(22-17(16)20-13(2)19-12)11-21(3)9-7-14-6-4-5-8-18-14/h4-6,8,15H,7,9-11H2,1-3H3/t15-/m1/s1. The molecule has 0 aromatic carbocycles. The molecule has 0 bridgehead atoms. The Morgan fingerprint density at radius 2 is 2.14 bits per heavy atom. The summed E-state index contributed by atoms with van der Waals surface area (Å²) in [6.07, 6.45) is 3.86. The Morgan fingerprint density at radius 1 is 1.27 bits per heavy atom. The van der Waals surface area contributed by atoms with Crippen molar-refractivity contribution < 1.29 is 4.74 Å². The number of ether oxygens (including phenoxy) is 1. The van der Waals surface area contributed by atoms with E-state index in [0.29, 0.717) is 0 Å². The molecular formula is C17H22N4O. The van der Waals surface area contributed by atoms with Gasteiger partial charge in [-0.25, -0.2) is 4.98 Å². The van der Waals surface area contributed by atoms with E-state index in [-0.39, 0.29) is 6.10 Å². The molecule has 0 amide bonds. The van der Waals surface area contributed by atoms with Crippen LogP contribution in [0, 0.1) is 13.8 Å². The highest BCUT2D eigenvalue weighted by Crippen LogP contribution is 2.28. The fourth-order valence-electron chi connectivity index (χ4n) is 2.86. The molecule has 2 aromatic heterocycles. The summed E-state index contributed by atoms with van der Waals surface area (Å²) in [5, 5.41) is 0. The third-order valence-electron chi connectivity index (χ3n) is 3.99. The van der Waals surface area contributed by atoms with Crippen LogP contribution in [0.5, 0.6) is 5.88 Å². The first kappa shape index (κ1) is 14.9. The maximum Gasteiger partial charge on any atom is 0.220 e. The molecule has 0 saturated heterocycles. The van der Waals surface area contributed by atoms with Crippen LogP contribution in [0.1, 0.15) is 22.8 Å². The van der Waals surface area contributed by atoms with Crippen molar-refractivity contribution in [3.05, 3.63) is 47.2 Å². The van der Waals surface area contributed by atoms with E-state index in [4.69, 9.17) is 4.74 Å². The minimum absolute atomic E-state index is 0.165. The molecule has 2 aromatic rings. The first-order valence-corrected chi connectivity index (χ1v) is 7.71. The second kappa shape index (κ2) is 6.40. The molecule has 1 atom stereocenters. The van der Waals surface area contributed by atoms with Gasteiger partial charge in [0.25, 0.3) is 0 Å². The summed E-state index contributed by atoms with van der Waals surface area (Å²) in [4.78, 5) is 15.5. The Labute approximate surface area is 131 Å². The van der Waals surface area contributed by atoms with Gasteiger partial charge in [-0.1, -0.05) is 6.07 Å². The van der Waals surface area contributed by atoms with Gasteiger partial charge < -0.3 is 9.64 Å². The minimum atomic E-state index is 0.165. The number of aryl methyl sites for hydroxylation is 2. The predicted molar refractivity (Wildman–Crippen MR) is 85.1 cm³/mol. The number of hydrogen-bond acceptors (Lipinski definition) is 5. The van der Waals surface area contributed by atoms with Crippen molar-refractivity contribution in [3.8, 4) is 5.88 Å². The molecule has 0 unspecified atom stereocenters. The summed E-state index contributed by atoms with van der Waals surface area (Å²) in [6.45, 7) is 5.80. The highest BCUT2D eigenvalue weighted by Gasteiger charge is 2.27. The van der Waals surface area contributed by atoms with E-state index in [1.165, 1.54) is 0 Å². The van der Waals surface area contributed by atoms with Gasteiger partial charge in [-0.05, 0) is 33.0 Å². The molecule has 0 radical (unpaired) electrons. The maximum atomic E-state index is 5.98. The zero-order valence-electron chi connectivity index (χ0n) is 13.4. The Hall–Kier alpha value is -2.01. The van der Waals surface area contributed by atoms with Crippen LogP contribution in [0.4, 0.5) is 0 Å². The second-order valence-electron chi connectivity index (χ2n) is 5.92. The lowest BCUT2D eigenvalue weighted by atomic mass is 10.1. The van der Waals surface area contributed by atoms with Crippen molar-refractivity contribution in [2.24, 2.45) is 0 Å². The lowest BCUT2D eigenvalue weighted by Gasteiger charge is -2.20. The number of aromatic nitrogens is 3. The van der Waals surface area contributed by atoms with E-state index >= 15 is 0 Å². The van der Waals surface area contributed by atoms with E-state index in [0.717, 1.165) is 54.6 Å². The van der Waals surface area contributed by atoms with Crippen LogP contribution in [-0.4, -0.2) is 46.1 Å². The first-order chi connectivity index (χ1) is 10.6. The predicted octanol–water partition coefficient (Wildman–Crippen LogP) is 1.97. The second-order valence-corrected chi connectivity index (χ2v) is 5.92. The molecule has 5 nitrogen and oxygen atoms in total. The molecule has 22 heavy (non-hydrogen) atoms. The normalized spacial score (nSPS) is 16.6. The highest BCUT2D eigenvalue weighted by atomic mass is 16.5. The van der Waals surface area contributed by atoms with Crippen LogP contribution in [0.25, 0.3) is 0 Å². The van der Waals surface area contributed by atoms with Crippen molar-refractivity contribution in [3.63, 3.8) is 0 Å². The summed E-state index contributed by atoms with van der Waals surface area (Å²) in [7, 11) is 2.12. The van der Waals surface area contributed by atoms with Gasteiger partial charge in [-0.2, -0.15) is 4.98 Å². The monoisotopic (exact) mass is 298 g/mol. The van der Waals surface area contributed by atoms with Gasteiger partial charge in [0, 0.05) is 49.1 Å². The van der Waals surface area contributed by atoms with Crippen LogP contribution in [-0.2, 0) is 12.8 Å². The van der Waals surface area contributed by atoms with E-state index in [1.807, 2.05) is 32.2 Å². The number of likely N-dealkylation sites (N-methyl/N-ethyl adjacent to an activating group) is 1. The maximum absolute atomic E-state index is 5.98. The van der Waals surface area contributed by atoms with Crippen LogP contribution in [0.3, 0.4) is 0 Å². The fourth-order valence-corrected chi connectivity index (χ4v) is 2.86. The van der Waals surface area contributed by atoms with Crippen molar-refractivity contribution >= 4 is 0 Å². The molecule has 1 aliphatic heterocycles. The summed E-state index contributed by atoms with van der Waals surface area (Å²) in [5.74, 6) is 1.55. The molecule has 3 heterocycles. The molecule has 0 saturated carbocycles. The largest absolute Gasteiger partial charge is 0.472 e. The van der Waals surface area contributed by atoms with Crippen molar-refractivity contribution in [1.82, 2.24) is 19.9 Å². The molecule has 0 spiro atoms. The number of fused-ring (bicyclic) bond motifs is 1. The van der Waals surface area contributed by atoms with E-state index < -0.39 is 0 Å². The van der Waals surface area contributed by atoms with Crippen molar-refractivity contribution in [2.75, 3.05) is 20.1 Å². The van der Waals surface area contributed by atoms with Gasteiger partial charge in [0.15, 0.2) is 0 Å². The average molecular weight is 298 g/mol. The SMILES string of the molecule is Cc1nc(C)c2c(n1)O[C@@H](CN(C)CCc1ccccn1)C2. The highest BCUT2D eigenvalue weighted by molar-refractivity contribution is 5.34. The third kappa shape index (κ3) is 3.42.